The van der Waals surface area contributed by atoms with E-state index in [0.29, 0.717) is 36.2 Å². The van der Waals surface area contributed by atoms with Crippen LogP contribution in [0.2, 0.25) is 5.02 Å². The van der Waals surface area contributed by atoms with Crippen molar-refractivity contribution in [2.45, 2.75) is 58.9 Å². The molecule has 1 aliphatic heterocycles. The van der Waals surface area contributed by atoms with Crippen LogP contribution in [-0.4, -0.2) is 43.9 Å². The minimum Gasteiger partial charge on any atom is -0.487 e. The number of aliphatic hydroxyl groups is 1. The molecule has 0 bridgehead atoms. The molecule has 2 heterocycles. The second-order valence-corrected chi connectivity index (χ2v) is 10.5. The third kappa shape index (κ3) is 5.89. The Hall–Kier alpha value is -3.72. The second-order valence-electron chi connectivity index (χ2n) is 10.1. The molecule has 1 aromatic heterocycles. The van der Waals surface area contributed by atoms with Crippen molar-refractivity contribution in [2.24, 2.45) is 0 Å². The average molecular weight is 562 g/mol. The van der Waals surface area contributed by atoms with E-state index in [9.17, 15) is 15.0 Å². The zero-order valence-electron chi connectivity index (χ0n) is 22.6. The minimum atomic E-state index is -0.768. The molecule has 1 aliphatic rings. The van der Waals surface area contributed by atoms with E-state index in [1.807, 2.05) is 54.3 Å². The van der Waals surface area contributed by atoms with Gasteiger partial charge in [0, 0.05) is 12.1 Å². The molecule has 3 aromatic carbocycles. The summed E-state index contributed by atoms with van der Waals surface area (Å²) in [5.41, 5.74) is 7.00. The summed E-state index contributed by atoms with van der Waals surface area (Å²) in [6.07, 6.45) is 2.62. The monoisotopic (exact) mass is 561 g/mol. The predicted molar refractivity (Wildman–Crippen MR) is 152 cm³/mol. The number of rotatable bonds is 9. The number of hydrogen-bond acceptors (Lipinski definition) is 7. The summed E-state index contributed by atoms with van der Waals surface area (Å²) in [5, 5.41) is 27.3. The highest BCUT2D eigenvalue weighted by atomic mass is 35.5. The van der Waals surface area contributed by atoms with Crippen LogP contribution >= 0.6 is 11.6 Å². The summed E-state index contributed by atoms with van der Waals surface area (Å²) in [6, 6.07) is 17.3. The normalized spacial score (nSPS) is 15.8. The molecule has 4 aromatic rings. The number of aliphatic hydroxyl groups excluding tert-OH is 1. The fourth-order valence-corrected chi connectivity index (χ4v) is 5.58. The zero-order valence-corrected chi connectivity index (χ0v) is 23.3. The van der Waals surface area contributed by atoms with Gasteiger partial charge in [0.2, 0.25) is 11.8 Å². The third-order valence-electron chi connectivity index (χ3n) is 7.57. The van der Waals surface area contributed by atoms with Crippen LogP contribution in [0.25, 0.3) is 22.6 Å². The number of halogens is 1. The largest absolute Gasteiger partial charge is 0.487 e. The molecule has 0 aliphatic carbocycles. The number of aliphatic carboxylic acids is 1. The lowest BCUT2D eigenvalue weighted by molar-refractivity contribution is -0.144. The Bertz CT molecular complexity index is 1520. The molecule has 1 fully saturated rings. The topological polar surface area (TPSA) is 109 Å². The molecule has 0 amide bonds. The van der Waals surface area contributed by atoms with Crippen LogP contribution < -0.4 is 4.74 Å². The summed E-state index contributed by atoms with van der Waals surface area (Å²) in [5.74, 6) is 0.365. The van der Waals surface area contributed by atoms with Gasteiger partial charge in [0.1, 0.15) is 25.0 Å². The molecule has 0 unspecified atom stereocenters. The van der Waals surface area contributed by atoms with Crippen LogP contribution in [0.1, 0.15) is 47.4 Å². The van der Waals surface area contributed by atoms with E-state index in [0.717, 1.165) is 58.3 Å². The van der Waals surface area contributed by atoms with E-state index in [-0.39, 0.29) is 12.5 Å². The van der Waals surface area contributed by atoms with Crippen LogP contribution in [0.4, 0.5) is 0 Å². The van der Waals surface area contributed by atoms with Crippen LogP contribution in [0.5, 0.6) is 5.75 Å². The van der Waals surface area contributed by atoms with Gasteiger partial charge in [0.25, 0.3) is 0 Å². The lowest BCUT2D eigenvalue weighted by Crippen LogP contribution is -2.43. The third-order valence-corrected chi connectivity index (χ3v) is 7.86. The van der Waals surface area contributed by atoms with Crippen molar-refractivity contribution in [3.05, 3.63) is 87.8 Å². The van der Waals surface area contributed by atoms with E-state index in [1.165, 1.54) is 0 Å². The number of aromatic nitrogens is 2. The number of nitrogens with zero attached hydrogens (tertiary/aromatic N) is 3. The summed E-state index contributed by atoms with van der Waals surface area (Å²) in [7, 11) is 0. The summed E-state index contributed by atoms with van der Waals surface area (Å²) < 4.78 is 11.7. The van der Waals surface area contributed by atoms with Crippen molar-refractivity contribution >= 4 is 17.6 Å². The average Bonchev–Trinajstić information content (AvgIpc) is 3.43. The van der Waals surface area contributed by atoms with Crippen molar-refractivity contribution in [3.63, 3.8) is 0 Å². The van der Waals surface area contributed by atoms with Crippen LogP contribution in [0.15, 0.2) is 59.0 Å². The van der Waals surface area contributed by atoms with Crippen molar-refractivity contribution in [2.75, 3.05) is 6.54 Å². The second kappa shape index (κ2) is 12.2. The summed E-state index contributed by atoms with van der Waals surface area (Å²) in [6.45, 7) is 5.43. The van der Waals surface area contributed by atoms with Gasteiger partial charge in [-0.2, -0.15) is 0 Å². The fourth-order valence-electron chi connectivity index (χ4n) is 5.33. The summed E-state index contributed by atoms with van der Waals surface area (Å²) >= 11 is 6.59. The van der Waals surface area contributed by atoms with Crippen molar-refractivity contribution < 1.29 is 24.2 Å². The lowest BCUT2D eigenvalue weighted by Gasteiger charge is -2.32. The molecule has 1 atom stereocenters. The highest BCUT2D eigenvalue weighted by molar-refractivity contribution is 6.32. The molecule has 9 heteroatoms. The number of carbonyl (C=O) groups is 1. The van der Waals surface area contributed by atoms with Gasteiger partial charge in [-0.1, -0.05) is 54.4 Å². The van der Waals surface area contributed by atoms with Gasteiger partial charge in [-0.05, 0) is 84.8 Å². The van der Waals surface area contributed by atoms with E-state index in [1.54, 1.807) is 0 Å². The highest BCUT2D eigenvalue weighted by Gasteiger charge is 2.28. The maximum Gasteiger partial charge on any atom is 0.320 e. The van der Waals surface area contributed by atoms with E-state index >= 15 is 0 Å². The Morgan fingerprint density at radius 2 is 1.80 bits per heavy atom. The first kappa shape index (κ1) is 27.8. The van der Waals surface area contributed by atoms with E-state index < -0.39 is 12.0 Å². The highest BCUT2D eigenvalue weighted by Crippen LogP contribution is 2.35. The molecule has 5 rings (SSSR count). The van der Waals surface area contributed by atoms with Gasteiger partial charge in [-0.15, -0.1) is 10.2 Å². The molecule has 40 heavy (non-hydrogen) atoms. The fraction of sp³-hybridized carbons (Fsp3) is 0.323. The van der Waals surface area contributed by atoms with Gasteiger partial charge in [0.15, 0.2) is 0 Å². The van der Waals surface area contributed by atoms with Crippen LogP contribution in [-0.2, 0) is 24.6 Å². The molecule has 0 radical (unpaired) electrons. The van der Waals surface area contributed by atoms with Gasteiger partial charge in [-0.25, -0.2) is 0 Å². The number of benzene rings is 3. The smallest absolute Gasteiger partial charge is 0.320 e. The standard InChI is InChI=1S/C31H32ClN3O5/c1-19-22(7-5-8-23(19)24-9-6-10-25(20(24)2)30-34-33-29(17-36)40-30)18-39-28-13-12-21(15-26(28)32)16-35-14-4-3-11-27(35)31(37)38/h5-10,12-13,15,27,36H,3-4,11,14,16-18H2,1-2H3,(H,37,38)/t27-/m0/s1. The zero-order chi connectivity index (χ0) is 28.2. The maximum atomic E-state index is 11.6. The van der Waals surface area contributed by atoms with E-state index in [4.69, 9.17) is 20.8 Å². The number of likely N-dealkylation sites (tertiary alicyclic amines) is 1. The van der Waals surface area contributed by atoms with Crippen molar-refractivity contribution in [1.29, 1.82) is 0 Å². The molecule has 0 spiro atoms. The quantitative estimate of drug-likeness (QED) is 0.249. The van der Waals surface area contributed by atoms with Crippen molar-refractivity contribution in [1.82, 2.24) is 15.1 Å². The Morgan fingerprint density at radius 3 is 2.52 bits per heavy atom. The Labute approximate surface area is 238 Å². The number of piperidine rings is 1. The maximum absolute atomic E-state index is 11.6. The molecule has 8 nitrogen and oxygen atoms in total. The first-order valence-corrected chi connectivity index (χ1v) is 13.7. The molecule has 0 saturated carbocycles. The Kier molecular flexibility index (Phi) is 8.49. The molecule has 208 valence electrons. The lowest BCUT2D eigenvalue weighted by atomic mass is 9.91. The van der Waals surface area contributed by atoms with Crippen LogP contribution in [0, 0.1) is 13.8 Å². The number of carboxylic acid groups (broad SMARTS) is 1. The van der Waals surface area contributed by atoms with Crippen LogP contribution in [0.3, 0.4) is 0 Å². The van der Waals surface area contributed by atoms with E-state index in [2.05, 4.69) is 29.3 Å². The number of hydrogen-bond donors (Lipinski definition) is 2. The SMILES string of the molecule is Cc1c(COc2ccc(CN3CCCC[C@H]3C(=O)O)cc2Cl)cccc1-c1cccc(-c2nnc(CO)o2)c1C. The number of carboxylic acids is 1. The van der Waals surface area contributed by atoms with Gasteiger partial charge < -0.3 is 19.4 Å². The minimum absolute atomic E-state index is 0.178. The molecule has 1 saturated heterocycles. The first-order valence-electron chi connectivity index (χ1n) is 13.4. The van der Waals surface area contributed by atoms with Gasteiger partial charge in [-0.3, -0.25) is 9.69 Å². The molecule has 2 N–H and O–H groups in total. The van der Waals surface area contributed by atoms with Gasteiger partial charge in [0.05, 0.1) is 5.02 Å². The summed E-state index contributed by atoms with van der Waals surface area (Å²) in [4.78, 5) is 13.7. The Balaban J connectivity index is 1.32. The van der Waals surface area contributed by atoms with Crippen molar-refractivity contribution in [3.8, 4) is 28.3 Å². The molecular weight excluding hydrogens is 530 g/mol. The predicted octanol–water partition coefficient (Wildman–Crippen LogP) is 6.18. The Morgan fingerprint density at radius 1 is 1.05 bits per heavy atom. The number of ether oxygens (including phenoxy) is 1. The molecular formula is C31H32ClN3O5. The first-order chi connectivity index (χ1) is 19.4. The van der Waals surface area contributed by atoms with Gasteiger partial charge >= 0.3 is 5.97 Å².